The van der Waals surface area contributed by atoms with E-state index in [0.29, 0.717) is 0 Å². The van der Waals surface area contributed by atoms with Crippen molar-refractivity contribution < 1.29 is 0 Å². The van der Waals surface area contributed by atoms with Crippen molar-refractivity contribution in [2.75, 3.05) is 11.9 Å². The van der Waals surface area contributed by atoms with E-state index in [4.69, 9.17) is 0 Å². The lowest BCUT2D eigenvalue weighted by Crippen LogP contribution is -2.18. The summed E-state index contributed by atoms with van der Waals surface area (Å²) < 4.78 is 2.62. The van der Waals surface area contributed by atoms with E-state index in [9.17, 15) is 0 Å². The standard InChI is InChI=1S/C14H20BrN5/c1-14(2,3)13-17-11(15)9-12(18-13)16-7-5-10-6-8-20(4)19-10/h6,8-9H,5,7H2,1-4H3,(H,16,17,18). The van der Waals surface area contributed by atoms with Crippen molar-refractivity contribution in [3.63, 3.8) is 0 Å². The lowest BCUT2D eigenvalue weighted by atomic mass is 9.96. The van der Waals surface area contributed by atoms with Gasteiger partial charge >= 0.3 is 0 Å². The molecule has 2 rings (SSSR count). The van der Waals surface area contributed by atoms with Crippen LogP contribution in [0.4, 0.5) is 5.82 Å². The number of nitrogens with one attached hydrogen (secondary N) is 1. The first kappa shape index (κ1) is 15.0. The van der Waals surface area contributed by atoms with Gasteiger partial charge in [0.05, 0.1) is 5.69 Å². The second-order valence-electron chi connectivity index (χ2n) is 5.81. The van der Waals surface area contributed by atoms with Crippen LogP contribution >= 0.6 is 15.9 Å². The van der Waals surface area contributed by atoms with Crippen LogP contribution in [0.5, 0.6) is 0 Å². The minimum Gasteiger partial charge on any atom is -0.370 e. The fraction of sp³-hybridized carbons (Fsp3) is 0.500. The summed E-state index contributed by atoms with van der Waals surface area (Å²) in [5, 5.41) is 7.68. The number of hydrogen-bond donors (Lipinski definition) is 1. The Balaban J connectivity index is 2.00. The molecule has 2 aromatic heterocycles. The predicted octanol–water partition coefficient (Wildman–Crippen LogP) is 2.92. The summed E-state index contributed by atoms with van der Waals surface area (Å²) in [6.45, 7) is 7.11. The van der Waals surface area contributed by atoms with E-state index in [1.807, 2.05) is 30.1 Å². The SMILES string of the molecule is Cn1ccc(CCNc2cc(Br)nc(C(C)(C)C)n2)n1. The Morgan fingerprint density at radius 3 is 2.65 bits per heavy atom. The summed E-state index contributed by atoms with van der Waals surface area (Å²) in [4.78, 5) is 8.99. The molecule has 0 atom stereocenters. The molecule has 6 heteroatoms. The summed E-state index contributed by atoms with van der Waals surface area (Å²) >= 11 is 3.44. The Bertz CT molecular complexity index is 585. The van der Waals surface area contributed by atoms with Crippen molar-refractivity contribution in [1.82, 2.24) is 19.7 Å². The zero-order chi connectivity index (χ0) is 14.8. The number of rotatable bonds is 4. The van der Waals surface area contributed by atoms with Gasteiger partial charge in [0.25, 0.3) is 0 Å². The summed E-state index contributed by atoms with van der Waals surface area (Å²) in [5.41, 5.74) is 1.01. The fourth-order valence-electron chi connectivity index (χ4n) is 1.76. The van der Waals surface area contributed by atoms with Crippen LogP contribution in [0.1, 0.15) is 32.3 Å². The third kappa shape index (κ3) is 4.03. The summed E-state index contributed by atoms with van der Waals surface area (Å²) in [7, 11) is 1.92. The Hall–Kier alpha value is -1.43. The Morgan fingerprint density at radius 2 is 2.05 bits per heavy atom. The highest BCUT2D eigenvalue weighted by atomic mass is 79.9. The molecule has 1 N–H and O–H groups in total. The van der Waals surface area contributed by atoms with Gasteiger partial charge in [-0.25, -0.2) is 9.97 Å². The maximum atomic E-state index is 4.56. The molecule has 2 heterocycles. The van der Waals surface area contributed by atoms with Gasteiger partial charge in [0.15, 0.2) is 0 Å². The molecule has 0 aliphatic rings. The van der Waals surface area contributed by atoms with Gasteiger partial charge in [-0.3, -0.25) is 4.68 Å². The van der Waals surface area contributed by atoms with E-state index in [-0.39, 0.29) is 5.41 Å². The van der Waals surface area contributed by atoms with Crippen LogP contribution in [0.2, 0.25) is 0 Å². The van der Waals surface area contributed by atoms with Gasteiger partial charge in [-0.15, -0.1) is 0 Å². The summed E-state index contributed by atoms with van der Waals surface area (Å²) in [6, 6.07) is 3.92. The number of nitrogens with zero attached hydrogens (tertiary/aromatic N) is 4. The van der Waals surface area contributed by atoms with Gasteiger partial charge in [0.2, 0.25) is 0 Å². The van der Waals surface area contributed by atoms with E-state index in [0.717, 1.165) is 34.9 Å². The van der Waals surface area contributed by atoms with Crippen molar-refractivity contribution in [3.8, 4) is 0 Å². The predicted molar refractivity (Wildman–Crippen MR) is 83.8 cm³/mol. The van der Waals surface area contributed by atoms with Gasteiger partial charge in [-0.05, 0) is 22.0 Å². The monoisotopic (exact) mass is 337 g/mol. The first-order chi connectivity index (χ1) is 9.34. The van der Waals surface area contributed by atoms with Gasteiger partial charge in [0, 0.05) is 37.7 Å². The fourth-order valence-corrected chi connectivity index (χ4v) is 2.14. The number of hydrogen-bond acceptors (Lipinski definition) is 4. The molecule has 0 bridgehead atoms. The van der Waals surface area contributed by atoms with Gasteiger partial charge in [0.1, 0.15) is 16.2 Å². The van der Waals surface area contributed by atoms with Crippen LogP contribution < -0.4 is 5.32 Å². The number of aromatic nitrogens is 4. The normalized spacial score (nSPS) is 11.7. The average molecular weight is 338 g/mol. The summed E-state index contributed by atoms with van der Waals surface area (Å²) in [6.07, 6.45) is 2.82. The molecule has 0 saturated carbocycles. The number of anilines is 1. The first-order valence-electron chi connectivity index (χ1n) is 6.62. The molecule has 108 valence electrons. The minimum absolute atomic E-state index is 0.0683. The molecule has 0 amide bonds. The third-order valence-electron chi connectivity index (χ3n) is 2.82. The molecule has 0 fully saturated rings. The zero-order valence-corrected chi connectivity index (χ0v) is 13.9. The molecule has 5 nitrogen and oxygen atoms in total. The highest BCUT2D eigenvalue weighted by Crippen LogP contribution is 2.22. The van der Waals surface area contributed by atoms with E-state index in [1.165, 1.54) is 0 Å². The van der Waals surface area contributed by atoms with Crippen molar-refractivity contribution >= 4 is 21.7 Å². The van der Waals surface area contributed by atoms with E-state index in [2.05, 4.69) is 57.1 Å². The van der Waals surface area contributed by atoms with Crippen molar-refractivity contribution in [2.24, 2.45) is 7.05 Å². The Labute approximate surface area is 128 Å². The van der Waals surface area contributed by atoms with Gasteiger partial charge < -0.3 is 5.32 Å². The Morgan fingerprint density at radius 1 is 1.30 bits per heavy atom. The van der Waals surface area contributed by atoms with Crippen molar-refractivity contribution in [1.29, 1.82) is 0 Å². The minimum atomic E-state index is -0.0683. The van der Waals surface area contributed by atoms with Crippen molar-refractivity contribution in [3.05, 3.63) is 34.5 Å². The first-order valence-corrected chi connectivity index (χ1v) is 7.41. The second-order valence-corrected chi connectivity index (χ2v) is 6.62. The molecule has 0 aromatic carbocycles. The quantitative estimate of drug-likeness (QED) is 0.871. The molecule has 2 aromatic rings. The lowest BCUT2D eigenvalue weighted by Gasteiger charge is -2.17. The van der Waals surface area contributed by atoms with Crippen LogP contribution in [0.15, 0.2) is 22.9 Å². The zero-order valence-electron chi connectivity index (χ0n) is 12.3. The maximum absolute atomic E-state index is 4.56. The maximum Gasteiger partial charge on any atom is 0.137 e. The average Bonchev–Trinajstić information content (AvgIpc) is 2.73. The van der Waals surface area contributed by atoms with Crippen LogP contribution in [0.3, 0.4) is 0 Å². The molecule has 20 heavy (non-hydrogen) atoms. The Kier molecular flexibility index (Phi) is 4.42. The molecule has 0 saturated heterocycles. The molecular weight excluding hydrogens is 318 g/mol. The third-order valence-corrected chi connectivity index (χ3v) is 3.23. The molecule has 0 aliphatic carbocycles. The molecular formula is C14H20BrN5. The molecule has 0 unspecified atom stereocenters. The second kappa shape index (κ2) is 5.91. The van der Waals surface area contributed by atoms with E-state index >= 15 is 0 Å². The van der Waals surface area contributed by atoms with Crippen LogP contribution in [-0.2, 0) is 18.9 Å². The van der Waals surface area contributed by atoms with E-state index < -0.39 is 0 Å². The number of halogens is 1. The molecule has 0 aliphatic heterocycles. The summed E-state index contributed by atoms with van der Waals surface area (Å²) in [5.74, 6) is 1.67. The van der Waals surface area contributed by atoms with Crippen LogP contribution in [0, 0.1) is 0 Å². The smallest absolute Gasteiger partial charge is 0.137 e. The van der Waals surface area contributed by atoms with Crippen molar-refractivity contribution in [2.45, 2.75) is 32.6 Å². The van der Waals surface area contributed by atoms with E-state index in [1.54, 1.807) is 0 Å². The lowest BCUT2D eigenvalue weighted by molar-refractivity contribution is 0.544. The van der Waals surface area contributed by atoms with Crippen LogP contribution in [-0.4, -0.2) is 26.3 Å². The topological polar surface area (TPSA) is 55.6 Å². The highest BCUT2D eigenvalue weighted by Gasteiger charge is 2.18. The number of aryl methyl sites for hydroxylation is 1. The molecule has 0 spiro atoms. The largest absolute Gasteiger partial charge is 0.370 e. The van der Waals surface area contributed by atoms with Gasteiger partial charge in [-0.2, -0.15) is 5.10 Å². The van der Waals surface area contributed by atoms with Crippen LogP contribution in [0.25, 0.3) is 0 Å². The molecule has 0 radical (unpaired) electrons. The van der Waals surface area contributed by atoms with Gasteiger partial charge in [-0.1, -0.05) is 20.8 Å². The highest BCUT2D eigenvalue weighted by molar-refractivity contribution is 9.10.